The van der Waals surface area contributed by atoms with Gasteiger partial charge in [0.25, 0.3) is 0 Å². The summed E-state index contributed by atoms with van der Waals surface area (Å²) in [6, 6.07) is 0.217. The maximum atomic E-state index is 12.0. The highest BCUT2D eigenvalue weighted by Gasteiger charge is 2.25. The van der Waals surface area contributed by atoms with Gasteiger partial charge in [0.2, 0.25) is 5.91 Å². The topological polar surface area (TPSA) is 83.8 Å². The van der Waals surface area contributed by atoms with Gasteiger partial charge in [-0.3, -0.25) is 4.79 Å². The molecule has 1 atom stereocenters. The highest BCUT2D eigenvalue weighted by molar-refractivity contribution is 5.79. The molecule has 1 heterocycles. The number of nitrogens with two attached hydrogens (primary N) is 1. The number of aromatic amines is 1. The van der Waals surface area contributed by atoms with E-state index >= 15 is 0 Å². The zero-order chi connectivity index (χ0) is 12.3. The Hall–Kier alpha value is -1.36. The SMILES string of the molecule is CC(NC(=O)C1CCC(N)CC1)c1ncc[nH]1. The summed E-state index contributed by atoms with van der Waals surface area (Å²) in [5.74, 6) is 1.04. The average Bonchev–Trinajstić information content (AvgIpc) is 2.83. The maximum Gasteiger partial charge on any atom is 0.223 e. The fourth-order valence-electron chi connectivity index (χ4n) is 2.30. The molecule has 2 rings (SSSR count). The number of H-pyrrole nitrogens is 1. The average molecular weight is 236 g/mol. The predicted octanol–water partition coefficient (Wildman–Crippen LogP) is 1.10. The van der Waals surface area contributed by atoms with Crippen LogP contribution in [0.15, 0.2) is 12.4 Å². The van der Waals surface area contributed by atoms with Crippen molar-refractivity contribution in [1.82, 2.24) is 15.3 Å². The number of nitrogens with zero attached hydrogens (tertiary/aromatic N) is 1. The maximum absolute atomic E-state index is 12.0. The lowest BCUT2D eigenvalue weighted by Crippen LogP contribution is -2.37. The number of carbonyl (C=O) groups excluding carboxylic acids is 1. The Kier molecular flexibility index (Phi) is 3.78. The standard InChI is InChI=1S/C12H20N4O/c1-8(11-14-6-7-15-11)16-12(17)9-2-4-10(13)5-3-9/h6-10H,2-5,13H2,1H3,(H,14,15)(H,16,17). The molecule has 1 aromatic heterocycles. The molecule has 1 aliphatic rings. The van der Waals surface area contributed by atoms with E-state index in [0.717, 1.165) is 31.5 Å². The third kappa shape index (κ3) is 3.06. The molecule has 94 valence electrons. The first-order chi connectivity index (χ1) is 8.16. The minimum Gasteiger partial charge on any atom is -0.347 e. The van der Waals surface area contributed by atoms with E-state index < -0.39 is 0 Å². The van der Waals surface area contributed by atoms with Gasteiger partial charge in [-0.1, -0.05) is 0 Å². The molecule has 5 heteroatoms. The van der Waals surface area contributed by atoms with Crippen LogP contribution in [0.5, 0.6) is 0 Å². The second-order valence-electron chi connectivity index (χ2n) is 4.82. The van der Waals surface area contributed by atoms with Crippen LogP contribution < -0.4 is 11.1 Å². The van der Waals surface area contributed by atoms with Crippen LogP contribution in [-0.2, 0) is 4.79 Å². The molecule has 1 aromatic rings. The van der Waals surface area contributed by atoms with Gasteiger partial charge in [0.1, 0.15) is 5.82 Å². The number of nitrogens with one attached hydrogen (secondary N) is 2. The van der Waals surface area contributed by atoms with Gasteiger partial charge >= 0.3 is 0 Å². The lowest BCUT2D eigenvalue weighted by molar-refractivity contribution is -0.126. The van der Waals surface area contributed by atoms with E-state index in [9.17, 15) is 4.79 Å². The number of aromatic nitrogens is 2. The summed E-state index contributed by atoms with van der Waals surface area (Å²) in [7, 11) is 0. The number of carbonyl (C=O) groups is 1. The largest absolute Gasteiger partial charge is 0.347 e. The van der Waals surface area contributed by atoms with Crippen LogP contribution in [0.4, 0.5) is 0 Å². The smallest absolute Gasteiger partial charge is 0.223 e. The Morgan fingerprint density at radius 3 is 2.82 bits per heavy atom. The molecule has 0 spiro atoms. The van der Waals surface area contributed by atoms with E-state index in [4.69, 9.17) is 5.73 Å². The Balaban J connectivity index is 1.85. The fourth-order valence-corrected chi connectivity index (χ4v) is 2.30. The summed E-state index contributed by atoms with van der Waals surface area (Å²) < 4.78 is 0. The van der Waals surface area contributed by atoms with Gasteiger partial charge in [0, 0.05) is 24.4 Å². The van der Waals surface area contributed by atoms with Crippen LogP contribution in [0, 0.1) is 5.92 Å². The predicted molar refractivity (Wildman–Crippen MR) is 65.1 cm³/mol. The summed E-state index contributed by atoms with van der Waals surface area (Å²) >= 11 is 0. The first-order valence-electron chi connectivity index (χ1n) is 6.22. The zero-order valence-electron chi connectivity index (χ0n) is 10.1. The van der Waals surface area contributed by atoms with E-state index in [-0.39, 0.29) is 23.9 Å². The van der Waals surface area contributed by atoms with Crippen LogP contribution in [0.3, 0.4) is 0 Å². The number of hydrogen-bond donors (Lipinski definition) is 3. The van der Waals surface area contributed by atoms with Crippen molar-refractivity contribution in [2.45, 2.75) is 44.7 Å². The Morgan fingerprint density at radius 2 is 2.24 bits per heavy atom. The second-order valence-corrected chi connectivity index (χ2v) is 4.82. The van der Waals surface area contributed by atoms with Crippen molar-refractivity contribution in [3.05, 3.63) is 18.2 Å². The van der Waals surface area contributed by atoms with E-state index in [2.05, 4.69) is 15.3 Å². The van der Waals surface area contributed by atoms with Gasteiger partial charge in [-0.05, 0) is 32.6 Å². The molecule has 0 radical (unpaired) electrons. The molecule has 1 aliphatic carbocycles. The molecule has 0 bridgehead atoms. The van der Waals surface area contributed by atoms with E-state index in [1.807, 2.05) is 6.92 Å². The molecule has 4 N–H and O–H groups in total. The lowest BCUT2D eigenvalue weighted by atomic mass is 9.86. The third-order valence-corrected chi connectivity index (χ3v) is 3.43. The number of hydrogen-bond acceptors (Lipinski definition) is 3. The van der Waals surface area contributed by atoms with Crippen LogP contribution in [0.1, 0.15) is 44.5 Å². The minimum absolute atomic E-state index is 0.0619. The van der Waals surface area contributed by atoms with Crippen molar-refractivity contribution in [2.75, 3.05) is 0 Å². The monoisotopic (exact) mass is 236 g/mol. The molecule has 17 heavy (non-hydrogen) atoms. The van der Waals surface area contributed by atoms with Crippen molar-refractivity contribution in [2.24, 2.45) is 11.7 Å². The molecule has 1 saturated carbocycles. The molecule has 5 nitrogen and oxygen atoms in total. The molecule has 1 amide bonds. The first kappa shape index (κ1) is 12.1. The van der Waals surface area contributed by atoms with Crippen molar-refractivity contribution in [1.29, 1.82) is 0 Å². The van der Waals surface area contributed by atoms with E-state index in [1.54, 1.807) is 12.4 Å². The summed E-state index contributed by atoms with van der Waals surface area (Å²) in [6.45, 7) is 1.94. The molecular weight excluding hydrogens is 216 g/mol. The van der Waals surface area contributed by atoms with Crippen LogP contribution >= 0.6 is 0 Å². The molecule has 1 fully saturated rings. The van der Waals surface area contributed by atoms with Gasteiger partial charge in [0.05, 0.1) is 6.04 Å². The quantitative estimate of drug-likeness (QED) is 0.735. The van der Waals surface area contributed by atoms with Crippen LogP contribution in [-0.4, -0.2) is 21.9 Å². The third-order valence-electron chi connectivity index (χ3n) is 3.43. The molecule has 0 aromatic carbocycles. The highest BCUT2D eigenvalue weighted by atomic mass is 16.1. The van der Waals surface area contributed by atoms with E-state index in [1.165, 1.54) is 0 Å². The highest BCUT2D eigenvalue weighted by Crippen LogP contribution is 2.23. The van der Waals surface area contributed by atoms with Gasteiger partial charge in [-0.2, -0.15) is 0 Å². The van der Waals surface area contributed by atoms with Crippen molar-refractivity contribution in [3.63, 3.8) is 0 Å². The Morgan fingerprint density at radius 1 is 1.53 bits per heavy atom. The normalized spacial score (nSPS) is 26.5. The van der Waals surface area contributed by atoms with Crippen molar-refractivity contribution >= 4 is 5.91 Å². The number of rotatable bonds is 3. The van der Waals surface area contributed by atoms with E-state index in [0.29, 0.717) is 0 Å². The second kappa shape index (κ2) is 5.31. The zero-order valence-corrected chi connectivity index (χ0v) is 10.1. The molecular formula is C12H20N4O. The Bertz CT molecular complexity index is 355. The lowest BCUT2D eigenvalue weighted by Gasteiger charge is -2.26. The fraction of sp³-hybridized carbons (Fsp3) is 0.667. The minimum atomic E-state index is -0.0619. The van der Waals surface area contributed by atoms with Crippen molar-refractivity contribution < 1.29 is 4.79 Å². The molecule has 1 unspecified atom stereocenters. The summed E-state index contributed by atoms with van der Waals surface area (Å²) in [5, 5.41) is 2.99. The van der Waals surface area contributed by atoms with Gasteiger partial charge < -0.3 is 16.0 Å². The first-order valence-corrected chi connectivity index (χ1v) is 6.22. The van der Waals surface area contributed by atoms with Gasteiger partial charge in [0.15, 0.2) is 0 Å². The number of amides is 1. The summed E-state index contributed by atoms with van der Waals surface area (Å²) in [6.07, 6.45) is 7.16. The van der Waals surface area contributed by atoms with Gasteiger partial charge in [-0.15, -0.1) is 0 Å². The van der Waals surface area contributed by atoms with Crippen molar-refractivity contribution in [3.8, 4) is 0 Å². The summed E-state index contributed by atoms with van der Waals surface area (Å²) in [4.78, 5) is 19.2. The Labute approximate surface area is 101 Å². The van der Waals surface area contributed by atoms with Crippen LogP contribution in [0.2, 0.25) is 0 Å². The molecule has 0 aliphatic heterocycles. The molecule has 0 saturated heterocycles. The number of imidazole rings is 1. The summed E-state index contributed by atoms with van der Waals surface area (Å²) in [5.41, 5.74) is 5.83. The van der Waals surface area contributed by atoms with Gasteiger partial charge in [-0.25, -0.2) is 4.98 Å². The van der Waals surface area contributed by atoms with Crippen LogP contribution in [0.25, 0.3) is 0 Å².